The first kappa shape index (κ1) is 14.7. The van der Waals surface area contributed by atoms with Gasteiger partial charge in [-0.05, 0) is 6.42 Å². The van der Waals surface area contributed by atoms with Gasteiger partial charge in [-0.25, -0.2) is 13.1 Å². The van der Waals surface area contributed by atoms with Crippen LogP contribution in [0.3, 0.4) is 0 Å². The minimum absolute atomic E-state index is 0.107. The lowest BCUT2D eigenvalue weighted by Gasteiger charge is -2.08. The average molecular weight is 257 g/mol. The molecule has 1 unspecified atom stereocenters. The number of nitrogens with one attached hydrogen (secondary N) is 2. The minimum atomic E-state index is -3.13. The van der Waals surface area contributed by atoms with Crippen molar-refractivity contribution in [3.05, 3.63) is 0 Å². The number of rotatable bonds is 7. The molecule has 0 aliphatic carbocycles. The average Bonchev–Trinajstić information content (AvgIpc) is 2.14. The first-order valence-electron chi connectivity index (χ1n) is 4.65. The molecule has 0 aromatic heterocycles. The molecule has 2 N–H and O–H groups in total. The molecule has 0 aliphatic heterocycles. The highest BCUT2D eigenvalue weighted by molar-refractivity contribution is 7.88. The molecule has 0 bridgehead atoms. The van der Waals surface area contributed by atoms with Gasteiger partial charge in [0.15, 0.2) is 0 Å². The smallest absolute Gasteiger partial charge is 0.224 e. The van der Waals surface area contributed by atoms with Crippen molar-refractivity contribution in [3.63, 3.8) is 0 Å². The molecule has 90 valence electrons. The number of halogens is 1. The topological polar surface area (TPSA) is 75.3 Å². The van der Waals surface area contributed by atoms with Crippen LogP contribution < -0.4 is 10.0 Å². The van der Waals surface area contributed by atoms with Crippen molar-refractivity contribution in [3.8, 4) is 0 Å². The largest absolute Gasteiger partial charge is 0.356 e. The summed E-state index contributed by atoms with van der Waals surface area (Å²) in [6.07, 6.45) is 1.66. The summed E-state index contributed by atoms with van der Waals surface area (Å²) >= 11 is 5.49. The zero-order chi connectivity index (χ0) is 11.9. The van der Waals surface area contributed by atoms with Crippen molar-refractivity contribution in [2.75, 3.05) is 25.2 Å². The maximum Gasteiger partial charge on any atom is 0.224 e. The van der Waals surface area contributed by atoms with E-state index in [1.807, 2.05) is 0 Å². The standard InChI is InChI=1S/C8H17ClN2O3S/c1-7(6-9)8(12)10-4-3-5-11-15(2,13)14/h7,11H,3-6H2,1-2H3,(H,10,12). The van der Waals surface area contributed by atoms with Crippen LogP contribution in [0.2, 0.25) is 0 Å². The van der Waals surface area contributed by atoms with Crippen molar-refractivity contribution >= 4 is 27.5 Å². The monoisotopic (exact) mass is 256 g/mol. The van der Waals surface area contributed by atoms with Crippen molar-refractivity contribution < 1.29 is 13.2 Å². The van der Waals surface area contributed by atoms with Gasteiger partial charge in [0.25, 0.3) is 0 Å². The Kier molecular flexibility index (Phi) is 6.87. The zero-order valence-corrected chi connectivity index (χ0v) is 10.5. The fraction of sp³-hybridized carbons (Fsp3) is 0.875. The molecular formula is C8H17ClN2O3S. The summed E-state index contributed by atoms with van der Waals surface area (Å²) in [7, 11) is -3.13. The van der Waals surface area contributed by atoms with Gasteiger partial charge >= 0.3 is 0 Å². The summed E-state index contributed by atoms with van der Waals surface area (Å²) < 4.78 is 23.7. The SMILES string of the molecule is CC(CCl)C(=O)NCCCNS(C)(=O)=O. The van der Waals surface area contributed by atoms with Crippen LogP contribution in [0, 0.1) is 5.92 Å². The molecule has 1 amide bonds. The third-order valence-corrected chi connectivity index (χ3v) is 2.89. The highest BCUT2D eigenvalue weighted by Crippen LogP contribution is 1.96. The van der Waals surface area contributed by atoms with Crippen LogP contribution in [0.15, 0.2) is 0 Å². The van der Waals surface area contributed by atoms with E-state index in [-0.39, 0.29) is 17.7 Å². The second-order valence-electron chi connectivity index (χ2n) is 3.37. The summed E-state index contributed by atoms with van der Waals surface area (Å²) in [5.74, 6) is -0.0353. The van der Waals surface area contributed by atoms with Crippen LogP contribution in [0.5, 0.6) is 0 Å². The van der Waals surface area contributed by atoms with Gasteiger partial charge in [-0.2, -0.15) is 0 Å². The Morgan fingerprint density at radius 2 is 2.00 bits per heavy atom. The van der Waals surface area contributed by atoms with Crippen LogP contribution in [-0.4, -0.2) is 39.6 Å². The molecule has 0 spiro atoms. The molecule has 0 saturated heterocycles. The van der Waals surface area contributed by atoms with E-state index in [2.05, 4.69) is 10.0 Å². The van der Waals surface area contributed by atoms with Gasteiger partial charge in [0.2, 0.25) is 15.9 Å². The fourth-order valence-corrected chi connectivity index (χ4v) is 1.46. The number of carbonyl (C=O) groups is 1. The van der Waals surface area contributed by atoms with E-state index >= 15 is 0 Å². The lowest BCUT2D eigenvalue weighted by molar-refractivity contribution is -0.123. The zero-order valence-electron chi connectivity index (χ0n) is 8.92. The molecule has 0 radical (unpaired) electrons. The van der Waals surface area contributed by atoms with E-state index in [0.29, 0.717) is 19.5 Å². The van der Waals surface area contributed by atoms with E-state index in [9.17, 15) is 13.2 Å². The van der Waals surface area contributed by atoms with Crippen LogP contribution in [-0.2, 0) is 14.8 Å². The number of hydrogen-bond donors (Lipinski definition) is 2. The Morgan fingerprint density at radius 3 is 2.47 bits per heavy atom. The normalized spacial score (nSPS) is 13.5. The van der Waals surface area contributed by atoms with E-state index in [1.165, 1.54) is 0 Å². The second kappa shape index (κ2) is 7.03. The second-order valence-corrected chi connectivity index (χ2v) is 5.51. The lowest BCUT2D eigenvalue weighted by atomic mass is 10.2. The molecule has 0 rings (SSSR count). The molecule has 0 fully saturated rings. The first-order valence-corrected chi connectivity index (χ1v) is 7.07. The Labute approximate surface area is 95.6 Å². The first-order chi connectivity index (χ1) is 6.87. The Hall–Kier alpha value is -0.330. The highest BCUT2D eigenvalue weighted by atomic mass is 35.5. The number of sulfonamides is 1. The van der Waals surface area contributed by atoms with E-state index in [0.717, 1.165) is 6.26 Å². The van der Waals surface area contributed by atoms with E-state index in [4.69, 9.17) is 11.6 Å². The molecule has 5 nitrogen and oxygen atoms in total. The third kappa shape index (κ3) is 8.65. The predicted octanol–water partition coefficient (Wildman–Crippen LogP) is -0.0832. The summed E-state index contributed by atoms with van der Waals surface area (Å²) in [4.78, 5) is 11.2. The molecule has 0 aromatic carbocycles. The van der Waals surface area contributed by atoms with Crippen LogP contribution in [0.25, 0.3) is 0 Å². The van der Waals surface area contributed by atoms with E-state index in [1.54, 1.807) is 6.92 Å². The van der Waals surface area contributed by atoms with Crippen molar-refractivity contribution in [1.82, 2.24) is 10.0 Å². The van der Waals surface area contributed by atoms with Crippen molar-refractivity contribution in [1.29, 1.82) is 0 Å². The molecule has 0 aromatic rings. The molecular weight excluding hydrogens is 240 g/mol. The van der Waals surface area contributed by atoms with Crippen molar-refractivity contribution in [2.45, 2.75) is 13.3 Å². The van der Waals surface area contributed by atoms with Gasteiger partial charge in [0.05, 0.1) is 6.26 Å². The predicted molar refractivity (Wildman–Crippen MR) is 60.4 cm³/mol. The summed E-state index contributed by atoms with van der Waals surface area (Å²) in [5.41, 5.74) is 0. The number of carbonyl (C=O) groups excluding carboxylic acids is 1. The van der Waals surface area contributed by atoms with E-state index < -0.39 is 10.0 Å². The Balaban J connectivity index is 3.51. The van der Waals surface area contributed by atoms with Gasteiger partial charge in [0, 0.05) is 24.9 Å². The van der Waals surface area contributed by atoms with Crippen LogP contribution in [0.4, 0.5) is 0 Å². The number of amides is 1. The third-order valence-electron chi connectivity index (χ3n) is 1.70. The van der Waals surface area contributed by atoms with Crippen LogP contribution in [0.1, 0.15) is 13.3 Å². The molecule has 7 heteroatoms. The fourth-order valence-electron chi connectivity index (χ4n) is 0.802. The summed E-state index contributed by atoms with van der Waals surface area (Å²) in [6, 6.07) is 0. The maximum absolute atomic E-state index is 11.2. The minimum Gasteiger partial charge on any atom is -0.356 e. The van der Waals surface area contributed by atoms with Gasteiger partial charge in [-0.1, -0.05) is 6.92 Å². The number of hydrogen-bond acceptors (Lipinski definition) is 3. The van der Waals surface area contributed by atoms with Gasteiger partial charge in [-0.3, -0.25) is 4.79 Å². The summed E-state index contributed by atoms with van der Waals surface area (Å²) in [6.45, 7) is 2.51. The molecule has 1 atom stereocenters. The van der Waals surface area contributed by atoms with Crippen LogP contribution >= 0.6 is 11.6 Å². The molecule has 15 heavy (non-hydrogen) atoms. The Morgan fingerprint density at radius 1 is 1.40 bits per heavy atom. The van der Waals surface area contributed by atoms with Gasteiger partial charge in [0.1, 0.15) is 0 Å². The lowest BCUT2D eigenvalue weighted by Crippen LogP contribution is -2.33. The van der Waals surface area contributed by atoms with Gasteiger partial charge in [-0.15, -0.1) is 11.6 Å². The quantitative estimate of drug-likeness (QED) is 0.494. The maximum atomic E-state index is 11.2. The highest BCUT2D eigenvalue weighted by Gasteiger charge is 2.09. The number of alkyl halides is 1. The molecule has 0 aliphatic rings. The molecule has 0 heterocycles. The summed E-state index contributed by atoms with van der Waals surface area (Å²) in [5, 5.41) is 2.66. The van der Waals surface area contributed by atoms with Crippen molar-refractivity contribution in [2.24, 2.45) is 5.92 Å². The molecule has 0 saturated carbocycles. The Bertz CT molecular complexity index is 292. The van der Waals surface area contributed by atoms with Gasteiger partial charge < -0.3 is 5.32 Å².